The van der Waals surface area contributed by atoms with Crippen LogP contribution in [0.2, 0.25) is 0 Å². The zero-order valence-corrected chi connectivity index (χ0v) is 15.2. The minimum absolute atomic E-state index is 0.428. The molecule has 3 heteroatoms. The molecule has 0 spiro atoms. The number of likely N-dealkylation sites (tertiary alicyclic amines) is 1. The van der Waals surface area contributed by atoms with Gasteiger partial charge in [0.25, 0.3) is 0 Å². The van der Waals surface area contributed by atoms with Gasteiger partial charge in [-0.05, 0) is 49.2 Å². The first-order valence-electron chi connectivity index (χ1n) is 7.97. The molecule has 1 fully saturated rings. The lowest BCUT2D eigenvalue weighted by Crippen LogP contribution is -2.22. The molecule has 0 radical (unpaired) electrons. The van der Waals surface area contributed by atoms with E-state index in [4.69, 9.17) is 0 Å². The summed E-state index contributed by atoms with van der Waals surface area (Å²) in [7, 11) is 0. The predicted octanol–water partition coefficient (Wildman–Crippen LogP) is 5.37. The van der Waals surface area contributed by atoms with Gasteiger partial charge < -0.3 is 4.90 Å². The van der Waals surface area contributed by atoms with E-state index in [1.165, 1.54) is 49.4 Å². The van der Waals surface area contributed by atoms with Crippen molar-refractivity contribution in [2.75, 3.05) is 25.4 Å². The van der Waals surface area contributed by atoms with E-state index in [1.807, 2.05) is 0 Å². The monoisotopic (exact) mass is 375 g/mol. The fourth-order valence-electron chi connectivity index (χ4n) is 2.96. The Hall–Kier alpha value is -0.770. The Morgan fingerprint density at radius 1 is 0.909 bits per heavy atom. The molecule has 0 aliphatic carbocycles. The summed E-state index contributed by atoms with van der Waals surface area (Å²) in [5, 5.41) is 0.428. The lowest BCUT2D eigenvalue weighted by atomic mass is 10.0. The van der Waals surface area contributed by atoms with Gasteiger partial charge in [-0.25, -0.2) is 0 Å². The van der Waals surface area contributed by atoms with Gasteiger partial charge in [-0.1, -0.05) is 58.4 Å². The number of rotatable bonds is 6. The van der Waals surface area contributed by atoms with E-state index in [1.54, 1.807) is 0 Å². The third-order valence-electron chi connectivity index (χ3n) is 4.17. The molecule has 3 rings (SSSR count). The van der Waals surface area contributed by atoms with Gasteiger partial charge in [0.1, 0.15) is 0 Å². The number of hydrogen-bond acceptors (Lipinski definition) is 2. The number of benzene rings is 2. The first-order chi connectivity index (χ1) is 10.8. The normalized spacial score (nSPS) is 16.8. The molecule has 1 nitrogen and oxygen atoms in total. The lowest BCUT2D eigenvalue weighted by Gasteiger charge is -2.20. The molecule has 1 saturated heterocycles. The molecule has 0 bridgehead atoms. The summed E-state index contributed by atoms with van der Waals surface area (Å²) in [4.78, 5) is 2.59. The van der Waals surface area contributed by atoms with Gasteiger partial charge in [-0.3, -0.25) is 0 Å². The lowest BCUT2D eigenvalue weighted by molar-refractivity contribution is 0.362. The second-order valence-electron chi connectivity index (χ2n) is 5.76. The van der Waals surface area contributed by atoms with Crippen LogP contribution in [0.3, 0.4) is 0 Å². The Morgan fingerprint density at radius 3 is 2.23 bits per heavy atom. The van der Waals surface area contributed by atoms with Crippen molar-refractivity contribution in [3.05, 3.63) is 70.2 Å². The standard InChI is InChI=1S/C19H22BrNS/c20-18-10-8-17(9-11-18)19(16-6-2-1-3-7-16)22-15-14-21-12-4-5-13-21/h1-3,6-11,19H,4-5,12-15H2/t19-/m0/s1. The summed E-state index contributed by atoms with van der Waals surface area (Å²) in [5.74, 6) is 1.19. The topological polar surface area (TPSA) is 3.24 Å². The molecule has 2 aromatic carbocycles. The SMILES string of the molecule is Brc1ccc([C@@H](SCCN2CCCC2)c2ccccc2)cc1. The second kappa shape index (κ2) is 8.19. The maximum absolute atomic E-state index is 3.53. The van der Waals surface area contributed by atoms with Crippen molar-refractivity contribution in [2.24, 2.45) is 0 Å². The molecule has 116 valence electrons. The van der Waals surface area contributed by atoms with E-state index in [9.17, 15) is 0 Å². The summed E-state index contributed by atoms with van der Waals surface area (Å²) >= 11 is 5.60. The van der Waals surface area contributed by atoms with Crippen LogP contribution in [0.1, 0.15) is 29.2 Å². The molecule has 0 N–H and O–H groups in total. The quantitative estimate of drug-likeness (QED) is 0.667. The Bertz CT molecular complexity index is 564. The molecule has 0 saturated carbocycles. The molecule has 0 amide bonds. The van der Waals surface area contributed by atoms with Crippen LogP contribution in [-0.2, 0) is 0 Å². The van der Waals surface area contributed by atoms with Gasteiger partial charge in [-0.2, -0.15) is 0 Å². The van der Waals surface area contributed by atoms with Gasteiger partial charge in [-0.15, -0.1) is 11.8 Å². The number of thioether (sulfide) groups is 1. The van der Waals surface area contributed by atoms with E-state index in [0.29, 0.717) is 5.25 Å². The average molecular weight is 376 g/mol. The zero-order chi connectivity index (χ0) is 15.2. The van der Waals surface area contributed by atoms with Crippen LogP contribution >= 0.6 is 27.7 Å². The van der Waals surface area contributed by atoms with Crippen molar-refractivity contribution in [1.82, 2.24) is 4.90 Å². The van der Waals surface area contributed by atoms with E-state index >= 15 is 0 Å². The molecule has 0 unspecified atom stereocenters. The second-order valence-corrected chi connectivity index (χ2v) is 7.89. The third kappa shape index (κ3) is 4.37. The van der Waals surface area contributed by atoms with Gasteiger partial charge in [0, 0.05) is 16.8 Å². The highest BCUT2D eigenvalue weighted by atomic mass is 79.9. The molecular formula is C19H22BrNS. The van der Waals surface area contributed by atoms with Gasteiger partial charge in [0.2, 0.25) is 0 Å². The molecular weight excluding hydrogens is 354 g/mol. The minimum atomic E-state index is 0.428. The van der Waals surface area contributed by atoms with E-state index in [2.05, 4.69) is 87.2 Å². The van der Waals surface area contributed by atoms with E-state index in [0.717, 1.165) is 4.47 Å². The molecule has 1 aliphatic heterocycles. The van der Waals surface area contributed by atoms with Crippen molar-refractivity contribution in [3.8, 4) is 0 Å². The Labute approximate surface area is 146 Å². The minimum Gasteiger partial charge on any atom is -0.303 e. The van der Waals surface area contributed by atoms with Gasteiger partial charge >= 0.3 is 0 Å². The van der Waals surface area contributed by atoms with Crippen LogP contribution in [-0.4, -0.2) is 30.3 Å². The van der Waals surface area contributed by atoms with Crippen molar-refractivity contribution in [2.45, 2.75) is 18.1 Å². The van der Waals surface area contributed by atoms with Crippen LogP contribution in [0.25, 0.3) is 0 Å². The molecule has 1 atom stereocenters. The first kappa shape index (κ1) is 16.1. The molecule has 0 aromatic heterocycles. The first-order valence-corrected chi connectivity index (χ1v) is 9.81. The highest BCUT2D eigenvalue weighted by molar-refractivity contribution is 9.10. The van der Waals surface area contributed by atoms with Crippen molar-refractivity contribution in [1.29, 1.82) is 0 Å². The van der Waals surface area contributed by atoms with Gasteiger partial charge in [0.15, 0.2) is 0 Å². The average Bonchev–Trinajstić information content (AvgIpc) is 3.07. The van der Waals surface area contributed by atoms with Crippen molar-refractivity contribution in [3.63, 3.8) is 0 Å². The van der Waals surface area contributed by atoms with Gasteiger partial charge in [0.05, 0.1) is 5.25 Å². The Kier molecular flexibility index (Phi) is 5.99. The summed E-state index contributed by atoms with van der Waals surface area (Å²) in [5.41, 5.74) is 2.79. The smallest absolute Gasteiger partial charge is 0.0547 e. The zero-order valence-electron chi connectivity index (χ0n) is 12.7. The Balaban J connectivity index is 1.70. The number of nitrogens with zero attached hydrogens (tertiary/aromatic N) is 1. The highest BCUT2D eigenvalue weighted by Crippen LogP contribution is 2.36. The molecule has 1 aliphatic rings. The summed E-state index contributed by atoms with van der Waals surface area (Å²) < 4.78 is 1.14. The molecule has 22 heavy (non-hydrogen) atoms. The molecule has 1 heterocycles. The van der Waals surface area contributed by atoms with Crippen molar-refractivity contribution >= 4 is 27.7 Å². The maximum Gasteiger partial charge on any atom is 0.0547 e. The van der Waals surface area contributed by atoms with E-state index < -0.39 is 0 Å². The molecule has 2 aromatic rings. The Morgan fingerprint density at radius 2 is 1.55 bits per heavy atom. The van der Waals surface area contributed by atoms with Crippen LogP contribution in [0.15, 0.2) is 59.1 Å². The summed E-state index contributed by atoms with van der Waals surface area (Å²) in [6, 6.07) is 19.6. The fraction of sp³-hybridized carbons (Fsp3) is 0.368. The summed E-state index contributed by atoms with van der Waals surface area (Å²) in [6.45, 7) is 3.79. The van der Waals surface area contributed by atoms with Crippen LogP contribution < -0.4 is 0 Å². The highest BCUT2D eigenvalue weighted by Gasteiger charge is 2.16. The van der Waals surface area contributed by atoms with Crippen LogP contribution in [0.5, 0.6) is 0 Å². The van der Waals surface area contributed by atoms with E-state index in [-0.39, 0.29) is 0 Å². The summed E-state index contributed by atoms with van der Waals surface area (Å²) in [6.07, 6.45) is 2.75. The largest absolute Gasteiger partial charge is 0.303 e. The fourth-order valence-corrected chi connectivity index (χ4v) is 4.52. The van der Waals surface area contributed by atoms with Crippen molar-refractivity contribution < 1.29 is 0 Å². The van der Waals surface area contributed by atoms with Crippen LogP contribution in [0.4, 0.5) is 0 Å². The predicted molar refractivity (Wildman–Crippen MR) is 101 cm³/mol. The third-order valence-corrected chi connectivity index (χ3v) is 5.99. The maximum atomic E-state index is 3.53. The number of halogens is 1. The number of hydrogen-bond donors (Lipinski definition) is 0. The van der Waals surface area contributed by atoms with Crippen LogP contribution in [0, 0.1) is 0 Å².